The van der Waals surface area contributed by atoms with Crippen molar-refractivity contribution >= 4 is 28.9 Å². The van der Waals surface area contributed by atoms with Gasteiger partial charge in [0.25, 0.3) is 5.91 Å². The largest absolute Gasteiger partial charge is 0.364 e. The summed E-state index contributed by atoms with van der Waals surface area (Å²) in [5.74, 6) is 0.00504. The van der Waals surface area contributed by atoms with Crippen molar-refractivity contribution in [1.29, 1.82) is 0 Å². The average molecular weight is 405 g/mol. The van der Waals surface area contributed by atoms with Gasteiger partial charge in [-0.3, -0.25) is 14.4 Å². The van der Waals surface area contributed by atoms with E-state index in [0.29, 0.717) is 17.9 Å². The number of thiophene rings is 1. The number of ether oxygens (including phenoxy) is 1. The number of rotatable bonds is 6. The van der Waals surface area contributed by atoms with Crippen LogP contribution >= 0.6 is 11.3 Å². The highest BCUT2D eigenvalue weighted by Crippen LogP contribution is 2.44. The lowest BCUT2D eigenvalue weighted by Crippen LogP contribution is -2.57. The number of Topliss-reactive ketones (excluding diaryl/α,β-unsaturated/α-hetero) is 1. The molecule has 1 aromatic heterocycles. The van der Waals surface area contributed by atoms with E-state index in [1.807, 2.05) is 5.38 Å². The number of carbonyl (C=O) groups excluding carboxylic acids is 3. The first-order chi connectivity index (χ1) is 13.6. The maximum Gasteiger partial charge on any atom is 0.252 e. The van der Waals surface area contributed by atoms with Crippen LogP contribution in [0.4, 0.5) is 0 Å². The van der Waals surface area contributed by atoms with Gasteiger partial charge in [-0.1, -0.05) is 19.3 Å². The monoisotopic (exact) mass is 404 g/mol. The van der Waals surface area contributed by atoms with E-state index in [4.69, 9.17) is 4.74 Å². The van der Waals surface area contributed by atoms with Crippen LogP contribution in [0, 0.1) is 5.92 Å². The third-order valence-electron chi connectivity index (χ3n) is 6.46. The van der Waals surface area contributed by atoms with Crippen LogP contribution in [0.3, 0.4) is 0 Å². The summed E-state index contributed by atoms with van der Waals surface area (Å²) in [6, 6.07) is 1.75. The highest BCUT2D eigenvalue weighted by molar-refractivity contribution is 7.08. The van der Waals surface area contributed by atoms with E-state index in [-0.39, 0.29) is 42.8 Å². The Bertz CT molecular complexity index is 729. The molecule has 6 nitrogen and oxygen atoms in total. The van der Waals surface area contributed by atoms with E-state index in [0.717, 1.165) is 38.5 Å². The normalized spacial score (nSPS) is 30.2. The third kappa shape index (κ3) is 3.74. The molecule has 1 aromatic rings. The van der Waals surface area contributed by atoms with E-state index < -0.39 is 5.54 Å². The quantitative estimate of drug-likeness (QED) is 0.764. The molecule has 0 aromatic carbocycles. The fourth-order valence-electron chi connectivity index (χ4n) is 5.00. The van der Waals surface area contributed by atoms with Crippen molar-refractivity contribution in [2.75, 3.05) is 6.54 Å². The Hall–Kier alpha value is -1.73. The van der Waals surface area contributed by atoms with E-state index in [1.54, 1.807) is 11.4 Å². The Morgan fingerprint density at radius 2 is 2.00 bits per heavy atom. The molecule has 7 heteroatoms. The van der Waals surface area contributed by atoms with Crippen molar-refractivity contribution < 1.29 is 19.1 Å². The topological polar surface area (TPSA) is 84.5 Å². The maximum atomic E-state index is 13.3. The van der Waals surface area contributed by atoms with Gasteiger partial charge >= 0.3 is 0 Å². The number of hydrogen-bond donors (Lipinski definition) is 2. The third-order valence-corrected chi connectivity index (χ3v) is 7.14. The Balaban J connectivity index is 1.33. The lowest BCUT2D eigenvalue weighted by Gasteiger charge is -2.29. The summed E-state index contributed by atoms with van der Waals surface area (Å²) in [4.78, 5) is 37.8. The molecule has 3 unspecified atom stereocenters. The van der Waals surface area contributed by atoms with E-state index in [9.17, 15) is 14.4 Å². The smallest absolute Gasteiger partial charge is 0.252 e. The van der Waals surface area contributed by atoms with Crippen molar-refractivity contribution in [3.63, 3.8) is 0 Å². The van der Waals surface area contributed by atoms with Crippen molar-refractivity contribution in [2.24, 2.45) is 5.92 Å². The Kier molecular flexibility index (Phi) is 5.83. The number of carbonyl (C=O) groups is 3. The Morgan fingerprint density at radius 3 is 2.75 bits per heavy atom. The van der Waals surface area contributed by atoms with E-state index in [2.05, 4.69) is 10.6 Å². The molecule has 3 atom stereocenters. The summed E-state index contributed by atoms with van der Waals surface area (Å²) in [6.07, 6.45) is 7.62. The highest BCUT2D eigenvalue weighted by atomic mass is 32.1. The average Bonchev–Trinajstić information content (AvgIpc) is 3.41. The molecular weight excluding hydrogens is 376 g/mol. The molecule has 1 aliphatic heterocycles. The van der Waals surface area contributed by atoms with E-state index >= 15 is 0 Å². The zero-order chi connectivity index (χ0) is 19.6. The second-order valence-electron chi connectivity index (χ2n) is 8.24. The van der Waals surface area contributed by atoms with Gasteiger partial charge in [-0.15, -0.1) is 0 Å². The van der Waals surface area contributed by atoms with Crippen LogP contribution in [0.1, 0.15) is 68.1 Å². The predicted molar refractivity (Wildman–Crippen MR) is 106 cm³/mol. The predicted octanol–water partition coefficient (Wildman–Crippen LogP) is 2.82. The minimum atomic E-state index is -0.851. The highest BCUT2D eigenvalue weighted by Gasteiger charge is 2.60. The summed E-state index contributed by atoms with van der Waals surface area (Å²) < 4.78 is 6.20. The summed E-state index contributed by atoms with van der Waals surface area (Å²) in [6.45, 7) is 0.252. The first-order valence-corrected chi connectivity index (χ1v) is 11.4. The molecule has 4 rings (SSSR count). The van der Waals surface area contributed by atoms with Crippen LogP contribution in [-0.4, -0.2) is 41.9 Å². The molecule has 0 radical (unpaired) electrons. The van der Waals surface area contributed by atoms with Crippen LogP contribution in [-0.2, 0) is 14.3 Å². The van der Waals surface area contributed by atoms with Gasteiger partial charge in [-0.25, -0.2) is 0 Å². The molecular formula is C21H28N2O4S. The van der Waals surface area contributed by atoms with Crippen LogP contribution in [0.2, 0.25) is 0 Å². The van der Waals surface area contributed by atoms with Crippen LogP contribution in [0.15, 0.2) is 16.8 Å². The number of amides is 2. The molecule has 3 aliphatic rings. The molecule has 2 heterocycles. The minimum Gasteiger partial charge on any atom is -0.364 e. The maximum absolute atomic E-state index is 13.3. The van der Waals surface area contributed by atoms with Crippen molar-refractivity contribution in [3.05, 3.63) is 22.4 Å². The summed E-state index contributed by atoms with van der Waals surface area (Å²) >= 11 is 1.46. The fraction of sp³-hybridized carbons (Fsp3) is 0.667. The van der Waals surface area contributed by atoms with Crippen molar-refractivity contribution in [1.82, 2.24) is 10.6 Å². The Labute approximate surface area is 169 Å². The molecule has 3 fully saturated rings. The van der Waals surface area contributed by atoms with Gasteiger partial charge in [0, 0.05) is 23.9 Å². The molecule has 1 saturated heterocycles. The molecule has 2 N–H and O–H groups in total. The molecule has 0 spiro atoms. The van der Waals surface area contributed by atoms with Gasteiger partial charge in [-0.2, -0.15) is 11.3 Å². The molecule has 28 heavy (non-hydrogen) atoms. The van der Waals surface area contributed by atoms with Crippen LogP contribution < -0.4 is 10.6 Å². The first kappa shape index (κ1) is 19.6. The van der Waals surface area contributed by atoms with Gasteiger partial charge in [0.1, 0.15) is 11.6 Å². The van der Waals surface area contributed by atoms with Gasteiger partial charge in [-0.05, 0) is 49.5 Å². The zero-order valence-corrected chi connectivity index (χ0v) is 16.9. The summed E-state index contributed by atoms with van der Waals surface area (Å²) in [5, 5.41) is 9.40. The molecule has 2 amide bonds. The first-order valence-electron chi connectivity index (χ1n) is 10.4. The van der Waals surface area contributed by atoms with Crippen LogP contribution in [0.25, 0.3) is 0 Å². The molecule has 0 bridgehead atoms. The van der Waals surface area contributed by atoms with Crippen LogP contribution in [0.5, 0.6) is 0 Å². The minimum absolute atomic E-state index is 0.0811. The van der Waals surface area contributed by atoms with Gasteiger partial charge < -0.3 is 15.4 Å². The SMILES string of the molecule is O=C(CCNC(=O)c1ccsc1)NC12CCCC1OC(C1CCCCC1)C2=O. The van der Waals surface area contributed by atoms with Gasteiger partial charge in [0.2, 0.25) is 5.91 Å². The molecule has 2 saturated carbocycles. The standard InChI is InChI=1S/C21H28N2O4S/c24-17(8-11-22-20(26)15-9-12-28-13-15)23-21-10-4-7-16(21)27-18(19(21)25)14-5-2-1-3-6-14/h9,12-14,16,18H,1-8,10-11H2,(H,22,26)(H,23,24). The number of ketones is 1. The molecule has 2 aliphatic carbocycles. The number of fused-ring (bicyclic) bond motifs is 1. The summed E-state index contributed by atoms with van der Waals surface area (Å²) in [7, 11) is 0. The zero-order valence-electron chi connectivity index (χ0n) is 16.1. The Morgan fingerprint density at radius 1 is 1.18 bits per heavy atom. The molecule has 152 valence electrons. The number of nitrogens with one attached hydrogen (secondary N) is 2. The van der Waals surface area contributed by atoms with Gasteiger partial charge in [0.05, 0.1) is 6.10 Å². The lowest BCUT2D eigenvalue weighted by atomic mass is 9.80. The number of hydrogen-bond acceptors (Lipinski definition) is 5. The summed E-state index contributed by atoms with van der Waals surface area (Å²) in [5.41, 5.74) is -0.245. The van der Waals surface area contributed by atoms with Crippen molar-refractivity contribution in [3.8, 4) is 0 Å². The van der Waals surface area contributed by atoms with E-state index in [1.165, 1.54) is 17.8 Å². The lowest BCUT2D eigenvalue weighted by molar-refractivity contribution is -0.132. The second kappa shape index (κ2) is 8.33. The fourth-order valence-corrected chi connectivity index (χ4v) is 5.63. The second-order valence-corrected chi connectivity index (χ2v) is 9.02. The van der Waals surface area contributed by atoms with Gasteiger partial charge in [0.15, 0.2) is 5.78 Å². The van der Waals surface area contributed by atoms with Crippen molar-refractivity contribution in [2.45, 2.75) is 75.5 Å².